The van der Waals surface area contributed by atoms with Crippen molar-refractivity contribution in [3.8, 4) is 0 Å². The second-order valence-corrected chi connectivity index (χ2v) is 6.06. The number of alkyl halides is 1. The quantitative estimate of drug-likeness (QED) is 0.706. The SMILES string of the molecule is O=C1C(Br)CCN1C1CCN(C2CC2)C1. The van der Waals surface area contributed by atoms with Gasteiger partial charge in [-0.1, -0.05) is 15.9 Å². The van der Waals surface area contributed by atoms with Crippen LogP contribution in [0.25, 0.3) is 0 Å². The van der Waals surface area contributed by atoms with Crippen molar-refractivity contribution < 1.29 is 4.79 Å². The van der Waals surface area contributed by atoms with Gasteiger partial charge in [0, 0.05) is 31.7 Å². The van der Waals surface area contributed by atoms with E-state index in [0.717, 1.165) is 25.6 Å². The van der Waals surface area contributed by atoms with Gasteiger partial charge in [-0.3, -0.25) is 9.69 Å². The van der Waals surface area contributed by atoms with Crippen molar-refractivity contribution >= 4 is 21.8 Å². The summed E-state index contributed by atoms with van der Waals surface area (Å²) in [5, 5.41) is 0. The average molecular weight is 273 g/mol. The molecular weight excluding hydrogens is 256 g/mol. The van der Waals surface area contributed by atoms with Crippen LogP contribution in [0.15, 0.2) is 0 Å². The second-order valence-electron chi connectivity index (χ2n) is 4.96. The fraction of sp³-hybridized carbons (Fsp3) is 0.909. The van der Waals surface area contributed by atoms with E-state index in [4.69, 9.17) is 0 Å². The highest BCUT2D eigenvalue weighted by Crippen LogP contribution is 2.32. The van der Waals surface area contributed by atoms with E-state index in [9.17, 15) is 4.79 Å². The molecule has 0 spiro atoms. The monoisotopic (exact) mass is 272 g/mol. The summed E-state index contributed by atoms with van der Waals surface area (Å²) in [5.41, 5.74) is 0. The van der Waals surface area contributed by atoms with E-state index in [-0.39, 0.29) is 4.83 Å². The minimum Gasteiger partial charge on any atom is -0.337 e. The fourth-order valence-corrected chi connectivity index (χ4v) is 3.29. The fourth-order valence-electron chi connectivity index (χ4n) is 2.82. The summed E-state index contributed by atoms with van der Waals surface area (Å²) >= 11 is 3.44. The molecule has 1 aliphatic carbocycles. The lowest BCUT2D eigenvalue weighted by atomic mass is 10.2. The number of likely N-dealkylation sites (tertiary alicyclic amines) is 2. The van der Waals surface area contributed by atoms with E-state index in [1.165, 1.54) is 25.8 Å². The van der Waals surface area contributed by atoms with Crippen LogP contribution in [-0.2, 0) is 4.79 Å². The first kappa shape index (κ1) is 10.1. The number of amides is 1. The summed E-state index contributed by atoms with van der Waals surface area (Å²) in [6.45, 7) is 3.28. The molecule has 84 valence electrons. The van der Waals surface area contributed by atoms with Crippen LogP contribution in [0.2, 0.25) is 0 Å². The van der Waals surface area contributed by atoms with Crippen LogP contribution >= 0.6 is 15.9 Å². The Morgan fingerprint density at radius 2 is 1.87 bits per heavy atom. The van der Waals surface area contributed by atoms with E-state index in [0.29, 0.717) is 11.9 Å². The number of carbonyl (C=O) groups excluding carboxylic acids is 1. The molecular formula is C11H17BrN2O. The number of halogens is 1. The molecule has 2 unspecified atom stereocenters. The van der Waals surface area contributed by atoms with E-state index in [1.54, 1.807) is 0 Å². The first-order valence-electron chi connectivity index (χ1n) is 5.94. The van der Waals surface area contributed by atoms with Gasteiger partial charge in [0.25, 0.3) is 0 Å². The summed E-state index contributed by atoms with van der Waals surface area (Å²) in [6.07, 6.45) is 4.92. The highest BCUT2D eigenvalue weighted by Gasteiger charge is 2.40. The van der Waals surface area contributed by atoms with Crippen molar-refractivity contribution in [2.75, 3.05) is 19.6 Å². The Morgan fingerprint density at radius 3 is 2.47 bits per heavy atom. The largest absolute Gasteiger partial charge is 0.337 e. The maximum atomic E-state index is 11.8. The Labute approximate surface area is 98.9 Å². The molecule has 4 heteroatoms. The molecule has 2 atom stereocenters. The predicted molar refractivity (Wildman–Crippen MR) is 62.0 cm³/mol. The van der Waals surface area contributed by atoms with Gasteiger partial charge in [0.15, 0.2) is 0 Å². The average Bonchev–Trinajstić information content (AvgIpc) is 2.89. The smallest absolute Gasteiger partial charge is 0.236 e. The number of hydrogen-bond donors (Lipinski definition) is 0. The van der Waals surface area contributed by atoms with Crippen molar-refractivity contribution in [3.05, 3.63) is 0 Å². The van der Waals surface area contributed by atoms with Gasteiger partial charge >= 0.3 is 0 Å². The Kier molecular flexibility index (Phi) is 2.51. The topological polar surface area (TPSA) is 23.6 Å². The van der Waals surface area contributed by atoms with Crippen molar-refractivity contribution in [1.82, 2.24) is 9.80 Å². The molecule has 3 nitrogen and oxygen atoms in total. The zero-order valence-electron chi connectivity index (χ0n) is 8.86. The number of hydrogen-bond acceptors (Lipinski definition) is 2. The van der Waals surface area contributed by atoms with Gasteiger partial charge in [-0.05, 0) is 25.7 Å². The van der Waals surface area contributed by atoms with Gasteiger partial charge < -0.3 is 4.90 Å². The Morgan fingerprint density at radius 1 is 1.07 bits per heavy atom. The summed E-state index contributed by atoms with van der Waals surface area (Å²) < 4.78 is 0. The lowest BCUT2D eigenvalue weighted by Gasteiger charge is -2.24. The molecule has 0 aromatic carbocycles. The first-order valence-corrected chi connectivity index (χ1v) is 6.86. The maximum absolute atomic E-state index is 11.8. The molecule has 3 fully saturated rings. The number of carbonyl (C=O) groups is 1. The molecule has 0 N–H and O–H groups in total. The van der Waals surface area contributed by atoms with Crippen molar-refractivity contribution in [2.24, 2.45) is 0 Å². The van der Waals surface area contributed by atoms with Crippen molar-refractivity contribution in [1.29, 1.82) is 0 Å². The molecule has 0 aromatic heterocycles. The first-order chi connectivity index (χ1) is 7.25. The molecule has 3 rings (SSSR count). The van der Waals surface area contributed by atoms with Crippen molar-refractivity contribution in [2.45, 2.75) is 42.6 Å². The zero-order valence-corrected chi connectivity index (χ0v) is 10.4. The molecule has 0 bridgehead atoms. The van der Waals surface area contributed by atoms with Gasteiger partial charge in [-0.15, -0.1) is 0 Å². The summed E-state index contributed by atoms with van der Waals surface area (Å²) in [6, 6.07) is 1.35. The van der Waals surface area contributed by atoms with Crippen LogP contribution in [-0.4, -0.2) is 52.3 Å². The minimum atomic E-state index is 0.0903. The second kappa shape index (κ2) is 3.74. The van der Waals surface area contributed by atoms with Crippen LogP contribution in [0, 0.1) is 0 Å². The third-order valence-electron chi connectivity index (χ3n) is 3.87. The summed E-state index contributed by atoms with van der Waals surface area (Å²) in [7, 11) is 0. The van der Waals surface area contributed by atoms with Gasteiger partial charge in [0.1, 0.15) is 0 Å². The van der Waals surface area contributed by atoms with Crippen LogP contribution < -0.4 is 0 Å². The lowest BCUT2D eigenvalue weighted by Crippen LogP contribution is -2.39. The van der Waals surface area contributed by atoms with E-state index < -0.39 is 0 Å². The van der Waals surface area contributed by atoms with Gasteiger partial charge in [0.2, 0.25) is 5.91 Å². The third-order valence-corrected chi connectivity index (χ3v) is 4.72. The third kappa shape index (κ3) is 1.82. The maximum Gasteiger partial charge on any atom is 0.236 e. The molecule has 1 saturated carbocycles. The van der Waals surface area contributed by atoms with E-state index in [2.05, 4.69) is 25.7 Å². The molecule has 1 amide bonds. The van der Waals surface area contributed by atoms with Gasteiger partial charge in [0.05, 0.1) is 4.83 Å². The summed E-state index contributed by atoms with van der Waals surface area (Å²) in [4.78, 5) is 16.6. The predicted octanol–water partition coefficient (Wildman–Crippen LogP) is 1.22. The van der Waals surface area contributed by atoms with Crippen LogP contribution in [0.4, 0.5) is 0 Å². The highest BCUT2D eigenvalue weighted by atomic mass is 79.9. The zero-order chi connectivity index (χ0) is 10.4. The highest BCUT2D eigenvalue weighted by molar-refractivity contribution is 9.10. The summed E-state index contributed by atoms with van der Waals surface area (Å²) in [5.74, 6) is 0.317. The Balaban J connectivity index is 1.61. The Bertz CT molecular complexity index is 280. The van der Waals surface area contributed by atoms with Gasteiger partial charge in [-0.25, -0.2) is 0 Å². The number of rotatable bonds is 2. The molecule has 2 saturated heterocycles. The van der Waals surface area contributed by atoms with Gasteiger partial charge in [-0.2, -0.15) is 0 Å². The lowest BCUT2D eigenvalue weighted by molar-refractivity contribution is -0.128. The van der Waals surface area contributed by atoms with Crippen LogP contribution in [0.5, 0.6) is 0 Å². The molecule has 3 aliphatic rings. The molecule has 2 aliphatic heterocycles. The molecule has 2 heterocycles. The van der Waals surface area contributed by atoms with Crippen LogP contribution in [0.1, 0.15) is 25.7 Å². The molecule has 15 heavy (non-hydrogen) atoms. The standard InChI is InChI=1S/C11H17BrN2O/c12-10-4-6-14(11(10)15)9-3-5-13(7-9)8-1-2-8/h8-10H,1-7H2. The molecule has 0 radical (unpaired) electrons. The Hall–Kier alpha value is -0.0900. The van der Waals surface area contributed by atoms with E-state index in [1.807, 2.05) is 0 Å². The normalized spacial score (nSPS) is 37.9. The van der Waals surface area contributed by atoms with Crippen molar-refractivity contribution in [3.63, 3.8) is 0 Å². The molecule has 0 aromatic rings. The van der Waals surface area contributed by atoms with E-state index >= 15 is 0 Å². The van der Waals surface area contributed by atoms with Crippen LogP contribution in [0.3, 0.4) is 0 Å². The minimum absolute atomic E-state index is 0.0903. The number of nitrogens with zero attached hydrogens (tertiary/aromatic N) is 2.